The molecule has 0 saturated heterocycles. The first-order valence-corrected chi connectivity index (χ1v) is 7.65. The van der Waals surface area contributed by atoms with Crippen molar-refractivity contribution in [3.05, 3.63) is 74.2 Å². The molecule has 0 aliphatic rings. The van der Waals surface area contributed by atoms with E-state index >= 15 is 0 Å². The van der Waals surface area contributed by atoms with Gasteiger partial charge < -0.3 is 0 Å². The van der Waals surface area contributed by atoms with Gasteiger partial charge in [0.05, 0.1) is 11.1 Å². The van der Waals surface area contributed by atoms with Crippen molar-refractivity contribution in [3.63, 3.8) is 0 Å². The fraction of sp³-hybridized carbons (Fsp3) is 0.125. The van der Waals surface area contributed by atoms with Crippen LogP contribution in [0, 0.1) is 10.1 Å². The van der Waals surface area contributed by atoms with Gasteiger partial charge in [0.15, 0.2) is 0 Å². The number of carbonyl (C=O) groups is 1. The summed E-state index contributed by atoms with van der Waals surface area (Å²) in [7, 11) is 0. The molecule has 1 amide bonds. The Labute approximate surface area is 141 Å². The Kier molecular flexibility index (Phi) is 5.99. The number of carbonyl (C=O) groups excluding carboxylic acids is 1. The van der Waals surface area contributed by atoms with Crippen LogP contribution in [-0.4, -0.2) is 17.0 Å². The van der Waals surface area contributed by atoms with Gasteiger partial charge in [0.25, 0.3) is 5.69 Å². The maximum absolute atomic E-state index is 11.7. The lowest BCUT2D eigenvalue weighted by molar-refractivity contribution is -0.384. The lowest BCUT2D eigenvalue weighted by Gasteiger charge is -2.01. The summed E-state index contributed by atoms with van der Waals surface area (Å²) in [6, 6.07) is 14.0. The van der Waals surface area contributed by atoms with E-state index in [0.717, 1.165) is 5.56 Å². The van der Waals surface area contributed by atoms with Gasteiger partial charge in [-0.05, 0) is 34.0 Å². The molecule has 2 rings (SSSR count). The van der Waals surface area contributed by atoms with E-state index in [1.807, 2.05) is 30.3 Å². The van der Waals surface area contributed by atoms with E-state index in [-0.39, 0.29) is 11.6 Å². The minimum Gasteiger partial charge on any atom is -0.273 e. The van der Waals surface area contributed by atoms with E-state index in [2.05, 4.69) is 26.5 Å². The molecule has 0 saturated carbocycles. The summed E-state index contributed by atoms with van der Waals surface area (Å²) < 4.78 is 0.536. The van der Waals surface area contributed by atoms with Crippen molar-refractivity contribution in [1.82, 2.24) is 5.43 Å². The van der Waals surface area contributed by atoms with Gasteiger partial charge in [-0.15, -0.1) is 0 Å². The van der Waals surface area contributed by atoms with Gasteiger partial charge in [0.1, 0.15) is 0 Å². The summed E-state index contributed by atoms with van der Waals surface area (Å²) in [5.41, 5.74) is 4.15. The Morgan fingerprint density at radius 2 is 2.00 bits per heavy atom. The number of non-ortho nitro benzene ring substituents is 1. The fourth-order valence-corrected chi connectivity index (χ4v) is 2.34. The van der Waals surface area contributed by atoms with Crippen LogP contribution in [0.25, 0.3) is 0 Å². The van der Waals surface area contributed by atoms with Crippen LogP contribution < -0.4 is 5.43 Å². The van der Waals surface area contributed by atoms with Crippen LogP contribution in [-0.2, 0) is 11.2 Å². The van der Waals surface area contributed by atoms with Crippen molar-refractivity contribution in [2.75, 3.05) is 0 Å². The van der Waals surface area contributed by atoms with E-state index in [4.69, 9.17) is 0 Å². The third-order valence-corrected chi connectivity index (χ3v) is 3.76. The number of hydrazone groups is 1. The summed E-state index contributed by atoms with van der Waals surface area (Å²) in [4.78, 5) is 21.9. The minimum absolute atomic E-state index is 0.0130. The monoisotopic (exact) mass is 375 g/mol. The standard InChI is InChI=1S/C16H14BrN3O3/c17-15-10-14(20(22)23)8-7-13(15)11-18-19-16(21)9-6-12-4-2-1-3-5-12/h1-5,7-8,10-11H,6,9H2,(H,19,21)/b18-11-. The molecule has 0 aliphatic carbocycles. The number of hydrogen-bond donors (Lipinski definition) is 1. The molecule has 2 aromatic rings. The Morgan fingerprint density at radius 1 is 1.26 bits per heavy atom. The molecule has 0 atom stereocenters. The second-order valence-electron chi connectivity index (χ2n) is 4.74. The van der Waals surface area contributed by atoms with Crippen molar-refractivity contribution in [1.29, 1.82) is 0 Å². The third-order valence-electron chi connectivity index (χ3n) is 3.07. The van der Waals surface area contributed by atoms with Gasteiger partial charge in [-0.3, -0.25) is 14.9 Å². The Morgan fingerprint density at radius 3 is 2.65 bits per heavy atom. The van der Waals surface area contributed by atoms with Crippen molar-refractivity contribution in [2.24, 2.45) is 5.10 Å². The van der Waals surface area contributed by atoms with Crippen molar-refractivity contribution in [3.8, 4) is 0 Å². The first-order chi connectivity index (χ1) is 11.1. The molecule has 6 nitrogen and oxygen atoms in total. The van der Waals surface area contributed by atoms with E-state index < -0.39 is 4.92 Å². The number of rotatable bonds is 6. The van der Waals surface area contributed by atoms with Crippen molar-refractivity contribution >= 4 is 33.7 Å². The van der Waals surface area contributed by atoms with Gasteiger partial charge in [-0.1, -0.05) is 30.3 Å². The molecule has 0 radical (unpaired) electrons. The first kappa shape index (κ1) is 16.8. The van der Waals surface area contributed by atoms with Gasteiger partial charge in [0.2, 0.25) is 5.91 Å². The average molecular weight is 376 g/mol. The third kappa shape index (κ3) is 5.30. The molecule has 7 heteroatoms. The van der Waals surface area contributed by atoms with Crippen LogP contribution in [0.1, 0.15) is 17.5 Å². The molecule has 0 fully saturated rings. The summed E-state index contributed by atoms with van der Waals surface area (Å²) in [5.74, 6) is -0.192. The van der Waals surface area contributed by atoms with Crippen LogP contribution >= 0.6 is 15.9 Å². The maximum Gasteiger partial charge on any atom is 0.270 e. The van der Waals surface area contributed by atoms with Gasteiger partial charge in [0, 0.05) is 28.6 Å². The molecule has 0 unspecified atom stereocenters. The molecule has 23 heavy (non-hydrogen) atoms. The van der Waals surface area contributed by atoms with E-state index in [1.54, 1.807) is 6.07 Å². The molecule has 0 spiro atoms. The second-order valence-corrected chi connectivity index (χ2v) is 5.60. The SMILES string of the molecule is O=C(CCc1ccccc1)N/N=C\c1ccc([N+](=O)[O-])cc1Br. The van der Waals surface area contributed by atoms with Gasteiger partial charge in [-0.2, -0.15) is 5.10 Å². The minimum atomic E-state index is -0.475. The van der Waals surface area contributed by atoms with Gasteiger partial charge >= 0.3 is 0 Å². The molecule has 0 aromatic heterocycles. The molecule has 0 heterocycles. The van der Waals surface area contributed by atoms with Crippen LogP contribution in [0.2, 0.25) is 0 Å². The largest absolute Gasteiger partial charge is 0.273 e. The predicted octanol–water partition coefficient (Wildman–Crippen LogP) is 3.44. The highest BCUT2D eigenvalue weighted by atomic mass is 79.9. The fourth-order valence-electron chi connectivity index (χ4n) is 1.87. The summed E-state index contributed by atoms with van der Waals surface area (Å²) in [6.45, 7) is 0. The van der Waals surface area contributed by atoms with Gasteiger partial charge in [-0.25, -0.2) is 5.43 Å². The first-order valence-electron chi connectivity index (χ1n) is 6.86. The summed E-state index contributed by atoms with van der Waals surface area (Å²) in [5, 5.41) is 14.5. The van der Waals surface area contributed by atoms with Crippen LogP contribution in [0.5, 0.6) is 0 Å². The van der Waals surface area contributed by atoms with E-state index in [0.29, 0.717) is 22.9 Å². The van der Waals surface area contributed by atoms with E-state index in [9.17, 15) is 14.9 Å². The zero-order chi connectivity index (χ0) is 16.7. The van der Waals surface area contributed by atoms with Crippen LogP contribution in [0.3, 0.4) is 0 Å². The number of nitro groups is 1. The maximum atomic E-state index is 11.7. The predicted molar refractivity (Wildman–Crippen MR) is 91.3 cm³/mol. The van der Waals surface area contributed by atoms with E-state index in [1.165, 1.54) is 18.3 Å². The molecule has 0 aliphatic heterocycles. The number of nitrogens with zero attached hydrogens (tertiary/aromatic N) is 2. The lowest BCUT2D eigenvalue weighted by atomic mass is 10.1. The number of nitro benzene ring substituents is 1. The highest BCUT2D eigenvalue weighted by molar-refractivity contribution is 9.10. The van der Waals surface area contributed by atoms with Crippen LogP contribution in [0.4, 0.5) is 5.69 Å². The molecule has 118 valence electrons. The van der Waals surface area contributed by atoms with Crippen molar-refractivity contribution < 1.29 is 9.72 Å². The summed E-state index contributed by atoms with van der Waals surface area (Å²) >= 11 is 3.24. The lowest BCUT2D eigenvalue weighted by Crippen LogP contribution is -2.17. The number of nitrogens with one attached hydrogen (secondary N) is 1. The normalized spacial score (nSPS) is 10.7. The number of halogens is 1. The molecule has 1 N–H and O–H groups in total. The number of aryl methyl sites for hydroxylation is 1. The smallest absolute Gasteiger partial charge is 0.270 e. The average Bonchev–Trinajstić information content (AvgIpc) is 2.55. The molecular formula is C16H14BrN3O3. The molecule has 0 bridgehead atoms. The number of amides is 1. The topological polar surface area (TPSA) is 84.6 Å². The molecular weight excluding hydrogens is 362 g/mol. The van der Waals surface area contributed by atoms with Crippen molar-refractivity contribution in [2.45, 2.75) is 12.8 Å². The number of benzene rings is 2. The second kappa shape index (κ2) is 8.19. The quantitative estimate of drug-likeness (QED) is 0.476. The Bertz CT molecular complexity index is 733. The Hall–Kier alpha value is -2.54. The Balaban J connectivity index is 1.86. The summed E-state index contributed by atoms with van der Waals surface area (Å²) in [6.07, 6.45) is 2.42. The zero-order valence-corrected chi connectivity index (χ0v) is 13.7. The highest BCUT2D eigenvalue weighted by Crippen LogP contribution is 2.21. The highest BCUT2D eigenvalue weighted by Gasteiger charge is 2.07. The zero-order valence-electron chi connectivity index (χ0n) is 12.1. The van der Waals surface area contributed by atoms with Crippen LogP contribution in [0.15, 0.2) is 58.1 Å². The molecule has 2 aromatic carbocycles. The number of hydrogen-bond acceptors (Lipinski definition) is 4.